The van der Waals surface area contributed by atoms with Gasteiger partial charge >= 0.3 is 5.69 Å². The second kappa shape index (κ2) is 3.37. The van der Waals surface area contributed by atoms with Crippen molar-refractivity contribution < 1.29 is 4.92 Å². The van der Waals surface area contributed by atoms with E-state index in [2.05, 4.69) is 10.2 Å². The molecule has 0 aliphatic rings. The van der Waals surface area contributed by atoms with E-state index in [9.17, 15) is 14.9 Å². The molecule has 0 radical (unpaired) electrons. The third-order valence-electron chi connectivity index (χ3n) is 1.87. The fourth-order valence-electron chi connectivity index (χ4n) is 1.19. The van der Waals surface area contributed by atoms with Crippen LogP contribution < -0.4 is 5.69 Å². The SMILES string of the molecule is O=c1[nH]ncn1-c1cccc([N+](=O)[O-])c1. The van der Waals surface area contributed by atoms with Gasteiger partial charge in [0, 0.05) is 12.1 Å². The summed E-state index contributed by atoms with van der Waals surface area (Å²) >= 11 is 0. The van der Waals surface area contributed by atoms with Crippen LogP contribution in [0.25, 0.3) is 5.69 Å². The maximum absolute atomic E-state index is 11.2. The molecule has 0 unspecified atom stereocenters. The highest BCUT2D eigenvalue weighted by atomic mass is 16.6. The third kappa shape index (κ3) is 1.62. The summed E-state index contributed by atoms with van der Waals surface area (Å²) in [6.45, 7) is 0. The molecule has 7 nitrogen and oxygen atoms in total. The van der Waals surface area contributed by atoms with Gasteiger partial charge in [0.2, 0.25) is 0 Å². The molecule has 1 aromatic carbocycles. The first-order valence-electron chi connectivity index (χ1n) is 4.05. The first-order chi connectivity index (χ1) is 7.18. The van der Waals surface area contributed by atoms with Gasteiger partial charge in [-0.25, -0.2) is 14.5 Å². The number of hydrogen-bond acceptors (Lipinski definition) is 4. The van der Waals surface area contributed by atoms with E-state index in [0.29, 0.717) is 5.69 Å². The molecule has 2 aromatic rings. The van der Waals surface area contributed by atoms with Crippen molar-refractivity contribution in [3.63, 3.8) is 0 Å². The summed E-state index contributed by atoms with van der Waals surface area (Å²) in [6.07, 6.45) is 1.27. The lowest BCUT2D eigenvalue weighted by Gasteiger charge is -1.98. The summed E-state index contributed by atoms with van der Waals surface area (Å²) in [5.74, 6) is 0. The Bertz CT molecular complexity index is 557. The van der Waals surface area contributed by atoms with Crippen molar-refractivity contribution in [3.05, 3.63) is 51.2 Å². The van der Waals surface area contributed by atoms with Gasteiger partial charge in [0.15, 0.2) is 0 Å². The van der Waals surface area contributed by atoms with E-state index in [1.165, 1.54) is 29.1 Å². The van der Waals surface area contributed by atoms with Crippen LogP contribution in [0.3, 0.4) is 0 Å². The minimum atomic E-state index is -0.519. The highest BCUT2D eigenvalue weighted by Gasteiger charge is 2.07. The molecular weight excluding hydrogens is 200 g/mol. The Balaban J connectivity index is 2.55. The zero-order valence-electron chi connectivity index (χ0n) is 7.45. The van der Waals surface area contributed by atoms with Crippen molar-refractivity contribution >= 4 is 5.69 Å². The Morgan fingerprint density at radius 3 is 2.87 bits per heavy atom. The van der Waals surface area contributed by atoms with Crippen LogP contribution in [-0.2, 0) is 0 Å². The Morgan fingerprint density at radius 2 is 2.27 bits per heavy atom. The number of rotatable bonds is 2. The molecule has 0 bridgehead atoms. The van der Waals surface area contributed by atoms with E-state index in [0.717, 1.165) is 0 Å². The van der Waals surface area contributed by atoms with Crippen LogP contribution in [0.1, 0.15) is 0 Å². The molecule has 0 aliphatic heterocycles. The van der Waals surface area contributed by atoms with Crippen molar-refractivity contribution in [1.82, 2.24) is 14.8 Å². The molecule has 1 heterocycles. The molecule has 0 aliphatic carbocycles. The van der Waals surface area contributed by atoms with Crippen molar-refractivity contribution in [2.75, 3.05) is 0 Å². The molecule has 1 aromatic heterocycles. The molecule has 15 heavy (non-hydrogen) atoms. The summed E-state index contributed by atoms with van der Waals surface area (Å²) < 4.78 is 1.19. The highest BCUT2D eigenvalue weighted by molar-refractivity contribution is 5.42. The first-order valence-corrected chi connectivity index (χ1v) is 4.05. The minimum Gasteiger partial charge on any atom is -0.258 e. The smallest absolute Gasteiger partial charge is 0.258 e. The van der Waals surface area contributed by atoms with Crippen molar-refractivity contribution in [3.8, 4) is 5.69 Å². The van der Waals surface area contributed by atoms with Crippen LogP contribution in [-0.4, -0.2) is 19.7 Å². The molecule has 2 rings (SSSR count). The fourth-order valence-corrected chi connectivity index (χ4v) is 1.19. The number of aromatic nitrogens is 3. The summed E-state index contributed by atoms with van der Waals surface area (Å²) in [5.41, 5.74) is -0.0981. The fraction of sp³-hybridized carbons (Fsp3) is 0. The molecule has 0 amide bonds. The Morgan fingerprint density at radius 1 is 1.47 bits per heavy atom. The first kappa shape index (κ1) is 9.13. The maximum atomic E-state index is 11.2. The quantitative estimate of drug-likeness (QED) is 0.570. The van der Waals surface area contributed by atoms with Crippen LogP contribution in [0, 0.1) is 10.1 Å². The molecule has 0 spiro atoms. The van der Waals surface area contributed by atoms with Gasteiger partial charge in [0.25, 0.3) is 5.69 Å². The standard InChI is InChI=1S/C8H6N4O3/c13-8-10-9-5-11(8)6-2-1-3-7(4-6)12(14)15/h1-5H,(H,10,13). The van der Waals surface area contributed by atoms with Crippen LogP contribution >= 0.6 is 0 Å². The van der Waals surface area contributed by atoms with E-state index < -0.39 is 10.6 Å². The van der Waals surface area contributed by atoms with Crippen LogP contribution in [0.5, 0.6) is 0 Å². The molecule has 0 saturated carbocycles. The normalized spacial score (nSPS) is 10.1. The lowest BCUT2D eigenvalue weighted by atomic mass is 10.3. The maximum Gasteiger partial charge on any atom is 0.347 e. The Kier molecular flexibility index (Phi) is 2.05. The molecular formula is C8H6N4O3. The van der Waals surface area contributed by atoms with Gasteiger partial charge in [-0.1, -0.05) is 6.07 Å². The Labute approximate surface area is 83.1 Å². The van der Waals surface area contributed by atoms with Gasteiger partial charge in [-0.15, -0.1) is 0 Å². The molecule has 76 valence electrons. The van der Waals surface area contributed by atoms with Crippen molar-refractivity contribution in [2.24, 2.45) is 0 Å². The van der Waals surface area contributed by atoms with Gasteiger partial charge in [-0.2, -0.15) is 5.10 Å². The average molecular weight is 206 g/mol. The number of hydrogen-bond donors (Lipinski definition) is 1. The molecule has 0 atom stereocenters. The summed E-state index contributed by atoms with van der Waals surface area (Å²) in [7, 11) is 0. The number of non-ortho nitro benzene ring substituents is 1. The van der Waals surface area contributed by atoms with E-state index >= 15 is 0 Å². The number of benzene rings is 1. The number of H-pyrrole nitrogens is 1. The van der Waals surface area contributed by atoms with Gasteiger partial charge in [-0.05, 0) is 6.07 Å². The molecule has 1 N–H and O–H groups in total. The monoisotopic (exact) mass is 206 g/mol. The summed E-state index contributed by atoms with van der Waals surface area (Å²) in [4.78, 5) is 21.2. The zero-order chi connectivity index (χ0) is 10.8. The molecule has 0 saturated heterocycles. The van der Waals surface area contributed by atoms with Crippen molar-refractivity contribution in [2.45, 2.75) is 0 Å². The van der Waals surface area contributed by atoms with Crippen molar-refractivity contribution in [1.29, 1.82) is 0 Å². The highest BCUT2D eigenvalue weighted by Crippen LogP contribution is 2.14. The van der Waals surface area contributed by atoms with Crippen LogP contribution in [0.4, 0.5) is 5.69 Å². The third-order valence-corrected chi connectivity index (χ3v) is 1.87. The van der Waals surface area contributed by atoms with Crippen LogP contribution in [0.2, 0.25) is 0 Å². The number of nitrogens with one attached hydrogen (secondary N) is 1. The van der Waals surface area contributed by atoms with Gasteiger partial charge in [0.1, 0.15) is 6.33 Å². The lowest BCUT2D eigenvalue weighted by Crippen LogP contribution is -2.14. The van der Waals surface area contributed by atoms with Crippen LogP contribution in [0.15, 0.2) is 35.4 Å². The second-order valence-electron chi connectivity index (χ2n) is 2.81. The molecule has 0 fully saturated rings. The van der Waals surface area contributed by atoms with Gasteiger partial charge in [0.05, 0.1) is 10.6 Å². The van der Waals surface area contributed by atoms with E-state index in [4.69, 9.17) is 0 Å². The zero-order valence-corrected chi connectivity index (χ0v) is 7.45. The summed E-state index contributed by atoms with van der Waals surface area (Å²) in [6, 6.07) is 5.75. The average Bonchev–Trinajstić information content (AvgIpc) is 2.64. The summed E-state index contributed by atoms with van der Waals surface area (Å²) in [5, 5.41) is 16.2. The number of nitro benzene ring substituents is 1. The lowest BCUT2D eigenvalue weighted by molar-refractivity contribution is -0.384. The van der Waals surface area contributed by atoms with Gasteiger partial charge < -0.3 is 0 Å². The van der Waals surface area contributed by atoms with E-state index in [1.54, 1.807) is 6.07 Å². The largest absolute Gasteiger partial charge is 0.347 e. The number of nitro groups is 1. The minimum absolute atomic E-state index is 0.0689. The van der Waals surface area contributed by atoms with E-state index in [-0.39, 0.29) is 5.69 Å². The molecule has 7 heteroatoms. The van der Waals surface area contributed by atoms with E-state index in [1.807, 2.05) is 0 Å². The Hall–Kier alpha value is -2.44. The topological polar surface area (TPSA) is 93.8 Å². The number of nitrogens with zero attached hydrogens (tertiary/aromatic N) is 3. The van der Waals surface area contributed by atoms with Gasteiger partial charge in [-0.3, -0.25) is 10.1 Å². The predicted molar refractivity (Wildman–Crippen MR) is 50.8 cm³/mol. The second-order valence-corrected chi connectivity index (χ2v) is 2.81. The number of aromatic amines is 1. The predicted octanol–water partition coefficient (Wildman–Crippen LogP) is 0.469.